The van der Waals surface area contributed by atoms with E-state index in [1.165, 1.54) is 12.1 Å². The molecular weight excluding hydrogens is 274 g/mol. The van der Waals surface area contributed by atoms with Crippen LogP contribution in [0.5, 0.6) is 0 Å². The Morgan fingerprint density at radius 3 is 2.38 bits per heavy atom. The summed E-state index contributed by atoms with van der Waals surface area (Å²) in [5, 5.41) is 3.73. The first-order valence-electron chi connectivity index (χ1n) is 6.34. The highest BCUT2D eigenvalue weighted by molar-refractivity contribution is 5.87. The van der Waals surface area contributed by atoms with Crippen LogP contribution >= 0.6 is 0 Å². The second-order valence-corrected chi connectivity index (χ2v) is 4.74. The van der Waals surface area contributed by atoms with E-state index in [4.69, 9.17) is 10.3 Å². The number of hydrogen-bond acceptors (Lipinski definition) is 3. The fourth-order valence-electron chi connectivity index (χ4n) is 2.29. The third kappa shape index (κ3) is 2.38. The highest BCUT2D eigenvalue weighted by Crippen LogP contribution is 2.38. The molecule has 0 unspecified atom stereocenters. The third-order valence-corrected chi connectivity index (χ3v) is 3.26. The third-order valence-electron chi connectivity index (χ3n) is 3.26. The van der Waals surface area contributed by atoms with Crippen LogP contribution in [0.15, 0.2) is 47.0 Å². The summed E-state index contributed by atoms with van der Waals surface area (Å²) in [6, 6.07) is 10.7. The minimum Gasteiger partial charge on any atom is -0.380 e. The van der Waals surface area contributed by atoms with Gasteiger partial charge in [0.25, 0.3) is 0 Å². The Bertz CT molecular complexity index is 792. The number of hydrogen-bond donors (Lipinski definition) is 1. The zero-order chi connectivity index (χ0) is 15.0. The number of nitrogens with zero attached hydrogens (tertiary/aromatic N) is 1. The SMILES string of the molecule is Cc1ccccc1-c1onc(N)c1-c1cc(F)cc(F)c1. The van der Waals surface area contributed by atoms with Crippen LogP contribution in [0.4, 0.5) is 14.6 Å². The van der Waals surface area contributed by atoms with Gasteiger partial charge in [-0.15, -0.1) is 0 Å². The van der Waals surface area contributed by atoms with Crippen LogP contribution < -0.4 is 5.73 Å². The largest absolute Gasteiger partial charge is 0.380 e. The van der Waals surface area contributed by atoms with Crippen molar-refractivity contribution in [3.05, 3.63) is 59.7 Å². The van der Waals surface area contributed by atoms with Crippen LogP contribution in [0.3, 0.4) is 0 Å². The number of anilines is 1. The van der Waals surface area contributed by atoms with E-state index in [-0.39, 0.29) is 5.82 Å². The molecule has 106 valence electrons. The lowest BCUT2D eigenvalue weighted by Crippen LogP contribution is -1.91. The Labute approximate surface area is 120 Å². The lowest BCUT2D eigenvalue weighted by molar-refractivity contribution is 0.436. The molecule has 5 heteroatoms. The molecule has 0 bridgehead atoms. The van der Waals surface area contributed by atoms with Crippen molar-refractivity contribution < 1.29 is 13.3 Å². The van der Waals surface area contributed by atoms with Crippen LogP contribution in [0, 0.1) is 18.6 Å². The second kappa shape index (κ2) is 5.01. The summed E-state index contributed by atoms with van der Waals surface area (Å²) in [6.45, 7) is 1.91. The number of benzene rings is 2. The molecule has 0 amide bonds. The number of aromatic nitrogens is 1. The van der Waals surface area contributed by atoms with E-state index in [0.717, 1.165) is 17.2 Å². The van der Waals surface area contributed by atoms with Gasteiger partial charge in [0.2, 0.25) is 0 Å². The molecule has 3 aromatic rings. The molecule has 1 heterocycles. The summed E-state index contributed by atoms with van der Waals surface area (Å²) in [5.41, 5.74) is 8.23. The maximum Gasteiger partial charge on any atom is 0.177 e. The highest BCUT2D eigenvalue weighted by Gasteiger charge is 2.20. The van der Waals surface area contributed by atoms with E-state index < -0.39 is 11.6 Å². The van der Waals surface area contributed by atoms with Gasteiger partial charge >= 0.3 is 0 Å². The summed E-state index contributed by atoms with van der Waals surface area (Å²) in [7, 11) is 0. The lowest BCUT2D eigenvalue weighted by Gasteiger charge is -2.06. The van der Waals surface area contributed by atoms with E-state index in [1.807, 2.05) is 31.2 Å². The molecule has 3 rings (SSSR count). The Kier molecular flexibility index (Phi) is 3.17. The van der Waals surface area contributed by atoms with Crippen LogP contribution in [0.2, 0.25) is 0 Å². The molecule has 0 fully saturated rings. The monoisotopic (exact) mass is 286 g/mol. The normalized spacial score (nSPS) is 10.8. The fourth-order valence-corrected chi connectivity index (χ4v) is 2.29. The average Bonchev–Trinajstić information content (AvgIpc) is 2.80. The van der Waals surface area contributed by atoms with E-state index in [9.17, 15) is 8.78 Å². The maximum atomic E-state index is 13.4. The average molecular weight is 286 g/mol. The van der Waals surface area contributed by atoms with E-state index in [1.54, 1.807) is 0 Å². The molecule has 0 atom stereocenters. The van der Waals surface area contributed by atoms with Gasteiger partial charge in [0.1, 0.15) is 11.6 Å². The van der Waals surface area contributed by atoms with Crippen molar-refractivity contribution in [2.75, 3.05) is 5.73 Å². The predicted molar refractivity (Wildman–Crippen MR) is 76.4 cm³/mol. The van der Waals surface area contributed by atoms with Crippen LogP contribution in [0.25, 0.3) is 22.5 Å². The van der Waals surface area contributed by atoms with Gasteiger partial charge in [-0.3, -0.25) is 0 Å². The summed E-state index contributed by atoms with van der Waals surface area (Å²) in [5.74, 6) is -0.864. The Hall–Kier alpha value is -2.69. The van der Waals surface area contributed by atoms with Crippen LogP contribution in [0.1, 0.15) is 5.56 Å². The van der Waals surface area contributed by atoms with Gasteiger partial charge < -0.3 is 10.3 Å². The van der Waals surface area contributed by atoms with Gasteiger partial charge in [-0.05, 0) is 30.2 Å². The number of rotatable bonds is 2. The summed E-state index contributed by atoms with van der Waals surface area (Å²) in [4.78, 5) is 0. The van der Waals surface area contributed by atoms with Gasteiger partial charge in [-0.2, -0.15) is 0 Å². The lowest BCUT2D eigenvalue weighted by atomic mass is 9.98. The van der Waals surface area contributed by atoms with Crippen molar-refractivity contribution in [3.8, 4) is 22.5 Å². The minimum absolute atomic E-state index is 0.0956. The molecule has 0 aliphatic rings. The molecule has 0 spiro atoms. The summed E-state index contributed by atoms with van der Waals surface area (Å²) < 4.78 is 32.1. The van der Waals surface area contributed by atoms with E-state index in [0.29, 0.717) is 16.9 Å². The first-order valence-corrected chi connectivity index (χ1v) is 6.34. The first kappa shape index (κ1) is 13.3. The van der Waals surface area contributed by atoms with Crippen LogP contribution in [-0.2, 0) is 0 Å². The number of halogens is 2. The van der Waals surface area contributed by atoms with Gasteiger partial charge in [-0.1, -0.05) is 29.4 Å². The second-order valence-electron chi connectivity index (χ2n) is 4.74. The summed E-state index contributed by atoms with van der Waals surface area (Å²) >= 11 is 0. The van der Waals surface area contributed by atoms with Gasteiger partial charge in [0.05, 0.1) is 5.56 Å². The number of nitrogens with two attached hydrogens (primary N) is 1. The van der Waals surface area contributed by atoms with Crippen molar-refractivity contribution >= 4 is 5.82 Å². The minimum atomic E-state index is -0.679. The highest BCUT2D eigenvalue weighted by atomic mass is 19.1. The van der Waals surface area contributed by atoms with Crippen LogP contribution in [-0.4, -0.2) is 5.16 Å². The fraction of sp³-hybridized carbons (Fsp3) is 0.0625. The van der Waals surface area contributed by atoms with Gasteiger partial charge in [0, 0.05) is 11.6 Å². The van der Waals surface area contributed by atoms with Crippen molar-refractivity contribution in [3.63, 3.8) is 0 Å². The smallest absolute Gasteiger partial charge is 0.177 e. The van der Waals surface area contributed by atoms with Gasteiger partial charge in [0.15, 0.2) is 11.6 Å². The molecule has 1 aromatic heterocycles. The van der Waals surface area contributed by atoms with Crippen molar-refractivity contribution in [1.29, 1.82) is 0 Å². The summed E-state index contributed by atoms with van der Waals surface area (Å²) in [6.07, 6.45) is 0. The molecule has 2 aromatic carbocycles. The van der Waals surface area contributed by atoms with Crippen molar-refractivity contribution in [2.45, 2.75) is 6.92 Å². The Morgan fingerprint density at radius 1 is 1.05 bits per heavy atom. The molecular formula is C16H12F2N2O. The Balaban J connectivity index is 2.25. The number of nitrogen functional groups attached to an aromatic ring is 1. The zero-order valence-electron chi connectivity index (χ0n) is 11.2. The molecule has 0 aliphatic heterocycles. The van der Waals surface area contributed by atoms with Gasteiger partial charge in [-0.25, -0.2) is 8.78 Å². The quantitative estimate of drug-likeness (QED) is 0.769. The first-order chi connectivity index (χ1) is 10.1. The van der Waals surface area contributed by atoms with Crippen molar-refractivity contribution in [1.82, 2.24) is 5.16 Å². The molecule has 0 saturated heterocycles. The molecule has 0 saturated carbocycles. The topological polar surface area (TPSA) is 52.0 Å². The maximum absolute atomic E-state index is 13.4. The van der Waals surface area contributed by atoms with Crippen molar-refractivity contribution in [2.24, 2.45) is 0 Å². The Morgan fingerprint density at radius 2 is 1.71 bits per heavy atom. The molecule has 2 N–H and O–H groups in total. The predicted octanol–water partition coefficient (Wildman–Crippen LogP) is 4.18. The number of aryl methyl sites for hydroxylation is 1. The molecule has 3 nitrogen and oxygen atoms in total. The van der Waals surface area contributed by atoms with E-state index in [2.05, 4.69) is 5.16 Å². The zero-order valence-corrected chi connectivity index (χ0v) is 11.2. The molecule has 21 heavy (non-hydrogen) atoms. The molecule has 0 aliphatic carbocycles. The van der Waals surface area contributed by atoms with E-state index >= 15 is 0 Å². The standard InChI is InChI=1S/C16H12F2N2O/c1-9-4-2-3-5-13(9)15-14(16(19)20-21-15)10-6-11(17)8-12(18)7-10/h2-8H,1H3,(H2,19,20). The molecule has 0 radical (unpaired) electrons.